The van der Waals surface area contributed by atoms with Crippen molar-refractivity contribution in [2.24, 2.45) is 0 Å². The predicted molar refractivity (Wildman–Crippen MR) is 93.5 cm³/mol. The summed E-state index contributed by atoms with van der Waals surface area (Å²) in [5.41, 5.74) is 2.16. The van der Waals surface area contributed by atoms with E-state index in [-0.39, 0.29) is 23.9 Å². The van der Waals surface area contributed by atoms with Crippen LogP contribution < -0.4 is 9.47 Å². The third-order valence-electron chi connectivity index (χ3n) is 4.62. The van der Waals surface area contributed by atoms with Crippen molar-refractivity contribution in [3.05, 3.63) is 59.7 Å². The van der Waals surface area contributed by atoms with Crippen molar-refractivity contribution >= 4 is 5.91 Å². The van der Waals surface area contributed by atoms with Gasteiger partial charge in [-0.3, -0.25) is 4.79 Å². The van der Waals surface area contributed by atoms with E-state index in [2.05, 4.69) is 13.8 Å². The van der Waals surface area contributed by atoms with Crippen LogP contribution in [0.2, 0.25) is 0 Å². The van der Waals surface area contributed by atoms with E-state index in [1.165, 1.54) is 0 Å². The third kappa shape index (κ3) is 2.73. The Morgan fingerprint density at radius 2 is 1.29 bits per heavy atom. The molecule has 0 N–H and O–H groups in total. The van der Waals surface area contributed by atoms with Gasteiger partial charge in [0.25, 0.3) is 0 Å². The number of rotatable bonds is 5. The minimum Gasteiger partial charge on any atom is -0.497 e. The summed E-state index contributed by atoms with van der Waals surface area (Å²) in [5, 5.41) is 0. The van der Waals surface area contributed by atoms with Crippen LogP contribution in [0.4, 0.5) is 0 Å². The smallest absolute Gasteiger partial charge is 0.233 e. The SMILES string of the molecule is COc1ccc([C@H]2C(=O)N(C(C)C)[C@H]2c2ccc(OC)cc2)cc1. The number of carbonyl (C=O) groups is 1. The number of amides is 1. The molecule has 0 aromatic heterocycles. The molecule has 1 saturated heterocycles. The second-order valence-corrected chi connectivity index (χ2v) is 6.31. The molecular formula is C20H23NO3. The summed E-state index contributed by atoms with van der Waals surface area (Å²) in [6.45, 7) is 4.11. The number of hydrogen-bond donors (Lipinski definition) is 0. The third-order valence-corrected chi connectivity index (χ3v) is 4.62. The molecule has 0 aliphatic carbocycles. The lowest BCUT2D eigenvalue weighted by Gasteiger charge is -2.50. The maximum Gasteiger partial charge on any atom is 0.233 e. The highest BCUT2D eigenvalue weighted by atomic mass is 16.5. The van der Waals surface area contributed by atoms with Crippen LogP contribution in [0.15, 0.2) is 48.5 Å². The molecule has 4 heteroatoms. The van der Waals surface area contributed by atoms with Gasteiger partial charge in [0.2, 0.25) is 5.91 Å². The van der Waals surface area contributed by atoms with Crippen LogP contribution in [0.1, 0.15) is 36.9 Å². The van der Waals surface area contributed by atoms with Gasteiger partial charge < -0.3 is 14.4 Å². The van der Waals surface area contributed by atoms with Crippen molar-refractivity contribution in [1.29, 1.82) is 0 Å². The van der Waals surface area contributed by atoms with Gasteiger partial charge in [-0.05, 0) is 49.2 Å². The van der Waals surface area contributed by atoms with Crippen molar-refractivity contribution in [3.63, 3.8) is 0 Å². The summed E-state index contributed by atoms with van der Waals surface area (Å²) in [4.78, 5) is 14.7. The van der Waals surface area contributed by atoms with Crippen LogP contribution in [0.25, 0.3) is 0 Å². The number of carbonyl (C=O) groups excluding carboxylic acids is 1. The molecule has 4 nitrogen and oxygen atoms in total. The molecule has 1 aliphatic rings. The van der Waals surface area contributed by atoms with Gasteiger partial charge >= 0.3 is 0 Å². The average Bonchev–Trinajstić information content (AvgIpc) is 2.60. The second kappa shape index (κ2) is 6.56. The zero-order valence-electron chi connectivity index (χ0n) is 14.5. The molecule has 2 aromatic carbocycles. The fourth-order valence-corrected chi connectivity index (χ4v) is 3.38. The Morgan fingerprint density at radius 1 is 0.833 bits per heavy atom. The number of hydrogen-bond acceptors (Lipinski definition) is 3. The van der Waals surface area contributed by atoms with Crippen molar-refractivity contribution in [2.75, 3.05) is 14.2 Å². The fraction of sp³-hybridized carbons (Fsp3) is 0.350. The van der Waals surface area contributed by atoms with Gasteiger partial charge in [-0.15, -0.1) is 0 Å². The lowest BCUT2D eigenvalue weighted by Crippen LogP contribution is -2.56. The second-order valence-electron chi connectivity index (χ2n) is 6.31. The highest BCUT2D eigenvalue weighted by Crippen LogP contribution is 2.48. The summed E-state index contributed by atoms with van der Waals surface area (Å²) in [6, 6.07) is 16.0. The van der Waals surface area contributed by atoms with Crippen molar-refractivity contribution in [1.82, 2.24) is 4.90 Å². The fourth-order valence-electron chi connectivity index (χ4n) is 3.38. The van der Waals surface area contributed by atoms with Crippen molar-refractivity contribution in [2.45, 2.75) is 31.8 Å². The highest BCUT2D eigenvalue weighted by Gasteiger charge is 2.49. The lowest BCUT2D eigenvalue weighted by molar-refractivity contribution is -0.153. The number of likely N-dealkylation sites (tertiary alicyclic amines) is 1. The topological polar surface area (TPSA) is 38.8 Å². The number of β-lactam (4-membered cyclic amide) rings is 1. The van der Waals surface area contributed by atoms with E-state index >= 15 is 0 Å². The summed E-state index contributed by atoms with van der Waals surface area (Å²) in [6.07, 6.45) is 0. The van der Waals surface area contributed by atoms with Gasteiger partial charge in [-0.25, -0.2) is 0 Å². The monoisotopic (exact) mass is 325 g/mol. The molecule has 0 saturated carbocycles. The Hall–Kier alpha value is -2.49. The summed E-state index contributed by atoms with van der Waals surface area (Å²) in [5.74, 6) is 1.65. The molecule has 0 bridgehead atoms. The Balaban J connectivity index is 1.95. The molecule has 0 spiro atoms. The maximum atomic E-state index is 12.7. The molecule has 3 rings (SSSR count). The molecule has 1 aliphatic heterocycles. The largest absolute Gasteiger partial charge is 0.497 e. The summed E-state index contributed by atoms with van der Waals surface area (Å²) >= 11 is 0. The predicted octanol–water partition coefficient (Wildman–Crippen LogP) is 3.78. The van der Waals surface area contributed by atoms with Crippen LogP contribution in [0.3, 0.4) is 0 Å². The molecule has 1 fully saturated rings. The van der Waals surface area contributed by atoms with E-state index in [1.54, 1.807) is 14.2 Å². The average molecular weight is 325 g/mol. The van der Waals surface area contributed by atoms with E-state index in [9.17, 15) is 4.79 Å². The van der Waals surface area contributed by atoms with E-state index < -0.39 is 0 Å². The van der Waals surface area contributed by atoms with Crippen LogP contribution in [0, 0.1) is 0 Å². The molecule has 1 amide bonds. The van der Waals surface area contributed by atoms with E-state index in [0.717, 1.165) is 22.6 Å². The molecule has 0 unspecified atom stereocenters. The Morgan fingerprint density at radius 3 is 1.71 bits per heavy atom. The first kappa shape index (κ1) is 16.4. The molecule has 2 aromatic rings. The maximum absolute atomic E-state index is 12.7. The summed E-state index contributed by atoms with van der Waals surface area (Å²) in [7, 11) is 3.30. The van der Waals surface area contributed by atoms with Crippen LogP contribution >= 0.6 is 0 Å². The first-order valence-electron chi connectivity index (χ1n) is 8.17. The van der Waals surface area contributed by atoms with E-state index in [0.29, 0.717) is 0 Å². The van der Waals surface area contributed by atoms with E-state index in [1.807, 2.05) is 53.4 Å². The Labute approximate surface area is 143 Å². The van der Waals surface area contributed by atoms with Gasteiger partial charge in [0.05, 0.1) is 26.2 Å². The Kier molecular flexibility index (Phi) is 4.47. The van der Waals surface area contributed by atoms with Gasteiger partial charge in [0, 0.05) is 6.04 Å². The number of nitrogens with zero attached hydrogens (tertiary/aromatic N) is 1. The molecule has 2 atom stereocenters. The van der Waals surface area contributed by atoms with Crippen LogP contribution in [-0.2, 0) is 4.79 Å². The van der Waals surface area contributed by atoms with Gasteiger partial charge in [0.15, 0.2) is 0 Å². The van der Waals surface area contributed by atoms with Crippen molar-refractivity contribution < 1.29 is 14.3 Å². The zero-order chi connectivity index (χ0) is 17.3. The Bertz CT molecular complexity index is 707. The lowest BCUT2D eigenvalue weighted by atomic mass is 9.77. The zero-order valence-corrected chi connectivity index (χ0v) is 14.5. The van der Waals surface area contributed by atoms with Gasteiger partial charge in [0.1, 0.15) is 11.5 Å². The molecular weight excluding hydrogens is 302 g/mol. The van der Waals surface area contributed by atoms with Gasteiger partial charge in [-0.2, -0.15) is 0 Å². The molecule has 24 heavy (non-hydrogen) atoms. The first-order valence-corrected chi connectivity index (χ1v) is 8.17. The van der Waals surface area contributed by atoms with Gasteiger partial charge in [-0.1, -0.05) is 24.3 Å². The minimum absolute atomic E-state index is 0.0526. The van der Waals surface area contributed by atoms with E-state index in [4.69, 9.17) is 9.47 Å². The highest BCUT2D eigenvalue weighted by molar-refractivity contribution is 5.92. The molecule has 0 radical (unpaired) electrons. The quantitative estimate of drug-likeness (QED) is 0.785. The van der Waals surface area contributed by atoms with Crippen molar-refractivity contribution in [3.8, 4) is 11.5 Å². The molecule has 126 valence electrons. The molecule has 1 heterocycles. The standard InChI is InChI=1S/C20H23NO3/c1-13(2)21-19(15-7-11-17(24-4)12-8-15)18(20(21)22)14-5-9-16(23-3)10-6-14/h5-13,18-19H,1-4H3/t18-,19+/m1/s1. The van der Waals surface area contributed by atoms with Crippen LogP contribution in [-0.4, -0.2) is 31.1 Å². The first-order chi connectivity index (χ1) is 11.6. The normalized spacial score (nSPS) is 20.0. The minimum atomic E-state index is -0.147. The van der Waals surface area contributed by atoms with Crippen LogP contribution in [0.5, 0.6) is 11.5 Å². The number of benzene rings is 2. The number of ether oxygens (including phenoxy) is 2. The summed E-state index contributed by atoms with van der Waals surface area (Å²) < 4.78 is 10.5. The number of methoxy groups -OCH3 is 2.